The first-order valence-corrected chi connectivity index (χ1v) is 7.20. The third kappa shape index (κ3) is 5.16. The van der Waals surface area contributed by atoms with E-state index >= 15 is 0 Å². The molecule has 0 spiro atoms. The number of non-ortho nitro benzene ring substituents is 1. The molecule has 0 aromatic heterocycles. The Kier molecular flexibility index (Phi) is 7.01. The van der Waals surface area contributed by atoms with Gasteiger partial charge in [0.05, 0.1) is 11.5 Å². The number of benzene rings is 1. The highest BCUT2D eigenvalue weighted by molar-refractivity contribution is 5.97. The third-order valence-electron chi connectivity index (χ3n) is 3.01. The average molecular weight is 308 g/mol. The number of amides is 1. The van der Waals surface area contributed by atoms with Gasteiger partial charge in [-0.05, 0) is 25.5 Å². The van der Waals surface area contributed by atoms with Crippen molar-refractivity contribution in [2.75, 3.05) is 18.1 Å². The molecule has 7 heteroatoms. The lowest BCUT2D eigenvalue weighted by molar-refractivity contribution is -0.384. The summed E-state index contributed by atoms with van der Waals surface area (Å²) in [4.78, 5) is 35.4. The molecule has 0 aliphatic rings. The van der Waals surface area contributed by atoms with Crippen LogP contribution < -0.4 is 4.90 Å². The smallest absolute Gasteiger partial charge is 0.326 e. The molecule has 0 aliphatic heterocycles. The van der Waals surface area contributed by atoms with Crippen LogP contribution in [0.1, 0.15) is 33.1 Å². The molecule has 1 rings (SSSR count). The Balaban J connectivity index is 2.94. The summed E-state index contributed by atoms with van der Waals surface area (Å²) < 4.78 is 4.87. The second-order valence-corrected chi connectivity index (χ2v) is 4.66. The normalized spacial score (nSPS) is 10.1. The van der Waals surface area contributed by atoms with Crippen molar-refractivity contribution in [3.63, 3.8) is 0 Å². The van der Waals surface area contributed by atoms with Gasteiger partial charge in [-0.25, -0.2) is 0 Å². The molecule has 120 valence electrons. The molecule has 22 heavy (non-hydrogen) atoms. The van der Waals surface area contributed by atoms with Crippen LogP contribution in [0.3, 0.4) is 0 Å². The predicted octanol–water partition coefficient (Wildman–Crippen LogP) is 2.68. The van der Waals surface area contributed by atoms with Gasteiger partial charge in [-0.15, -0.1) is 0 Å². The molecule has 0 bridgehead atoms. The molecule has 0 saturated heterocycles. The largest absolute Gasteiger partial charge is 0.465 e. The minimum atomic E-state index is -0.516. The van der Waals surface area contributed by atoms with Gasteiger partial charge in [0.2, 0.25) is 5.91 Å². The van der Waals surface area contributed by atoms with E-state index in [1.807, 2.05) is 6.92 Å². The molecular weight excluding hydrogens is 288 g/mol. The first-order chi connectivity index (χ1) is 10.5. The standard InChI is InChI=1S/C15H20N2O5/c1-3-5-6-14(18)16(11-15(19)22-4-2)12-7-9-13(10-8-12)17(20)21/h7-10H,3-6,11H2,1-2H3. The highest BCUT2D eigenvalue weighted by Gasteiger charge is 2.20. The lowest BCUT2D eigenvalue weighted by Gasteiger charge is -2.21. The van der Waals surface area contributed by atoms with Gasteiger partial charge in [0.25, 0.3) is 5.69 Å². The van der Waals surface area contributed by atoms with Gasteiger partial charge in [-0.1, -0.05) is 13.3 Å². The third-order valence-corrected chi connectivity index (χ3v) is 3.01. The van der Waals surface area contributed by atoms with E-state index in [1.165, 1.54) is 29.2 Å². The summed E-state index contributed by atoms with van der Waals surface area (Å²) in [6.07, 6.45) is 1.89. The topological polar surface area (TPSA) is 89.8 Å². The Labute approximate surface area is 129 Å². The zero-order valence-electron chi connectivity index (χ0n) is 12.8. The highest BCUT2D eigenvalue weighted by Crippen LogP contribution is 2.20. The van der Waals surface area contributed by atoms with E-state index in [9.17, 15) is 19.7 Å². The summed E-state index contributed by atoms with van der Waals surface area (Å²) in [6, 6.07) is 5.53. The fraction of sp³-hybridized carbons (Fsp3) is 0.467. The van der Waals surface area contributed by atoms with Gasteiger partial charge in [-0.2, -0.15) is 0 Å². The van der Waals surface area contributed by atoms with Crippen LogP contribution in [-0.2, 0) is 14.3 Å². The van der Waals surface area contributed by atoms with Crippen LogP contribution in [0.5, 0.6) is 0 Å². The van der Waals surface area contributed by atoms with E-state index in [4.69, 9.17) is 4.74 Å². The number of rotatable bonds is 8. The number of unbranched alkanes of at least 4 members (excludes halogenated alkanes) is 1. The van der Waals surface area contributed by atoms with Crippen LogP contribution in [0.15, 0.2) is 24.3 Å². The molecule has 0 radical (unpaired) electrons. The Morgan fingerprint density at radius 1 is 1.23 bits per heavy atom. The summed E-state index contributed by atoms with van der Waals surface area (Å²) in [6.45, 7) is 3.69. The Hall–Kier alpha value is -2.44. The number of esters is 1. The number of hydrogen-bond donors (Lipinski definition) is 0. The number of nitro groups is 1. The summed E-state index contributed by atoms with van der Waals surface area (Å²) in [7, 11) is 0. The SMILES string of the molecule is CCCCC(=O)N(CC(=O)OCC)c1ccc([N+](=O)[O-])cc1. The van der Waals surface area contributed by atoms with Crippen molar-refractivity contribution < 1.29 is 19.2 Å². The molecule has 1 aromatic carbocycles. The van der Waals surface area contributed by atoms with Crippen molar-refractivity contribution in [2.24, 2.45) is 0 Å². The van der Waals surface area contributed by atoms with Crippen LogP contribution in [-0.4, -0.2) is 30.0 Å². The molecule has 1 aromatic rings. The average Bonchev–Trinajstić information content (AvgIpc) is 2.50. The quantitative estimate of drug-likeness (QED) is 0.418. The molecule has 0 N–H and O–H groups in total. The zero-order chi connectivity index (χ0) is 16.5. The van der Waals surface area contributed by atoms with Crippen LogP contribution in [0.2, 0.25) is 0 Å². The molecule has 0 saturated carbocycles. The van der Waals surface area contributed by atoms with Gasteiger partial charge >= 0.3 is 5.97 Å². The number of hydrogen-bond acceptors (Lipinski definition) is 5. The van der Waals surface area contributed by atoms with Gasteiger partial charge < -0.3 is 9.64 Å². The number of carbonyl (C=O) groups is 2. The number of nitrogens with zero attached hydrogens (tertiary/aromatic N) is 2. The number of carbonyl (C=O) groups excluding carboxylic acids is 2. The van der Waals surface area contributed by atoms with Crippen molar-refractivity contribution in [3.8, 4) is 0 Å². The second-order valence-electron chi connectivity index (χ2n) is 4.66. The first kappa shape index (κ1) is 17.6. The molecule has 1 amide bonds. The molecular formula is C15H20N2O5. The molecule has 0 fully saturated rings. The van der Waals surface area contributed by atoms with Crippen LogP contribution >= 0.6 is 0 Å². The van der Waals surface area contributed by atoms with Gasteiger partial charge in [0.1, 0.15) is 6.54 Å². The van der Waals surface area contributed by atoms with E-state index in [-0.39, 0.29) is 24.7 Å². The van der Waals surface area contributed by atoms with Gasteiger partial charge in [0.15, 0.2) is 0 Å². The zero-order valence-corrected chi connectivity index (χ0v) is 12.8. The molecule has 0 unspecified atom stereocenters. The lowest BCUT2D eigenvalue weighted by Crippen LogP contribution is -2.36. The van der Waals surface area contributed by atoms with Crippen LogP contribution in [0, 0.1) is 10.1 Å². The van der Waals surface area contributed by atoms with Crippen molar-refractivity contribution in [2.45, 2.75) is 33.1 Å². The number of anilines is 1. The maximum atomic E-state index is 12.2. The molecule has 0 aliphatic carbocycles. The summed E-state index contributed by atoms with van der Waals surface area (Å²) in [5, 5.41) is 10.7. The monoisotopic (exact) mass is 308 g/mol. The Morgan fingerprint density at radius 3 is 2.36 bits per heavy atom. The minimum absolute atomic E-state index is 0.0687. The molecule has 0 heterocycles. The predicted molar refractivity (Wildman–Crippen MR) is 81.6 cm³/mol. The van der Waals surface area contributed by atoms with Crippen molar-refractivity contribution in [1.29, 1.82) is 0 Å². The highest BCUT2D eigenvalue weighted by atomic mass is 16.6. The van der Waals surface area contributed by atoms with E-state index in [0.29, 0.717) is 18.5 Å². The van der Waals surface area contributed by atoms with E-state index in [2.05, 4.69) is 0 Å². The summed E-state index contributed by atoms with van der Waals surface area (Å²) in [5.41, 5.74) is 0.376. The summed E-state index contributed by atoms with van der Waals surface area (Å²) >= 11 is 0. The Bertz CT molecular complexity index is 527. The number of nitro benzene ring substituents is 1. The summed E-state index contributed by atoms with van der Waals surface area (Å²) in [5.74, 6) is -0.713. The maximum absolute atomic E-state index is 12.2. The fourth-order valence-electron chi connectivity index (χ4n) is 1.88. The fourth-order valence-corrected chi connectivity index (χ4v) is 1.88. The van der Waals surface area contributed by atoms with Crippen molar-refractivity contribution in [3.05, 3.63) is 34.4 Å². The van der Waals surface area contributed by atoms with Gasteiger partial charge in [0, 0.05) is 24.2 Å². The number of ether oxygens (including phenoxy) is 1. The van der Waals surface area contributed by atoms with E-state index in [1.54, 1.807) is 6.92 Å². The minimum Gasteiger partial charge on any atom is -0.465 e. The van der Waals surface area contributed by atoms with Crippen LogP contribution in [0.4, 0.5) is 11.4 Å². The van der Waals surface area contributed by atoms with E-state index in [0.717, 1.165) is 6.42 Å². The second kappa shape index (κ2) is 8.76. The van der Waals surface area contributed by atoms with Crippen LogP contribution in [0.25, 0.3) is 0 Å². The maximum Gasteiger partial charge on any atom is 0.326 e. The van der Waals surface area contributed by atoms with E-state index < -0.39 is 10.9 Å². The molecule has 0 atom stereocenters. The Morgan fingerprint density at radius 2 is 1.86 bits per heavy atom. The first-order valence-electron chi connectivity index (χ1n) is 7.20. The van der Waals surface area contributed by atoms with Gasteiger partial charge in [-0.3, -0.25) is 19.7 Å². The van der Waals surface area contributed by atoms with Crippen molar-refractivity contribution >= 4 is 23.3 Å². The van der Waals surface area contributed by atoms with Crippen molar-refractivity contribution in [1.82, 2.24) is 0 Å². The molecule has 7 nitrogen and oxygen atoms in total. The lowest BCUT2D eigenvalue weighted by atomic mass is 10.2.